The van der Waals surface area contributed by atoms with Crippen molar-refractivity contribution in [2.24, 2.45) is 0 Å². The second kappa shape index (κ2) is 10.1. The molecular weight excluding hydrogens is 414 g/mol. The van der Waals surface area contributed by atoms with Crippen molar-refractivity contribution < 1.29 is 17.9 Å². The molecule has 156 valence electrons. The Morgan fingerprint density at radius 3 is 1.97 bits per heavy atom. The Bertz CT molecular complexity index is 868. The number of benzene rings is 2. The summed E-state index contributed by atoms with van der Waals surface area (Å²) in [5, 5.41) is 0. The molecule has 0 saturated carbocycles. The Balaban J connectivity index is 0.000000297. The molecule has 2 aromatic carbocycles. The largest absolute Gasteiger partial charge is 0.273 e. The van der Waals surface area contributed by atoms with Crippen LogP contribution >= 0.6 is 0 Å². The predicted octanol–water partition coefficient (Wildman–Crippen LogP) is 7.70. The molecule has 0 saturated heterocycles. The van der Waals surface area contributed by atoms with Crippen LogP contribution in [0.4, 0.5) is 0 Å². The van der Waals surface area contributed by atoms with E-state index in [-0.39, 0.29) is 10.8 Å². The van der Waals surface area contributed by atoms with Gasteiger partial charge in [-0.2, -0.15) is 35.4 Å². The third-order valence-electron chi connectivity index (χ3n) is 5.11. The molecule has 30 heavy (non-hydrogen) atoms. The fourth-order valence-electron chi connectivity index (χ4n) is 3.32. The molecule has 0 radical (unpaired) electrons. The predicted molar refractivity (Wildman–Crippen MR) is 129 cm³/mol. The minimum Gasteiger partial charge on any atom is -0.273 e. The molecule has 0 aromatic heterocycles. The molecular formula is C29H36Zn-2. The van der Waals surface area contributed by atoms with Gasteiger partial charge in [0.2, 0.25) is 0 Å². The SMILES string of the molecule is CC(C)(C)c1c[c-]c2c(c1)-c1cc(C(C)(C)C)ccc1C2.C[C](C)=[Zn].[C-]1=CC=CC1. The fourth-order valence-corrected chi connectivity index (χ4v) is 3.32. The Hall–Kier alpha value is -1.59. The van der Waals surface area contributed by atoms with Gasteiger partial charge in [-0.25, -0.2) is 12.2 Å². The molecule has 0 fully saturated rings. The maximum Gasteiger partial charge on any atom is -0.109 e. The van der Waals surface area contributed by atoms with Crippen molar-refractivity contribution in [2.45, 2.75) is 79.1 Å². The summed E-state index contributed by atoms with van der Waals surface area (Å²) in [6.45, 7) is 17.9. The van der Waals surface area contributed by atoms with Crippen LogP contribution in [0.1, 0.15) is 84.1 Å². The number of allylic oxidation sites excluding steroid dienone is 4. The summed E-state index contributed by atoms with van der Waals surface area (Å²) < 4.78 is 1.54. The zero-order valence-corrected chi connectivity index (χ0v) is 23.2. The minimum absolute atomic E-state index is 0.177. The second-order valence-electron chi connectivity index (χ2n) is 10.5. The molecule has 0 bridgehead atoms. The van der Waals surface area contributed by atoms with Crippen molar-refractivity contribution in [2.75, 3.05) is 0 Å². The van der Waals surface area contributed by atoms with Gasteiger partial charge in [-0.05, 0) is 17.4 Å². The van der Waals surface area contributed by atoms with Crippen LogP contribution in [0.3, 0.4) is 0 Å². The van der Waals surface area contributed by atoms with Crippen molar-refractivity contribution >= 4 is 4.11 Å². The topological polar surface area (TPSA) is 0 Å². The molecule has 0 heterocycles. The molecule has 0 aliphatic heterocycles. The fraction of sp³-hybridized carbons (Fsp3) is 0.414. The van der Waals surface area contributed by atoms with Gasteiger partial charge < -0.3 is 0 Å². The summed E-state index contributed by atoms with van der Waals surface area (Å²) in [6, 6.07) is 15.1. The molecule has 2 aromatic rings. The quantitative estimate of drug-likeness (QED) is 0.243. The van der Waals surface area contributed by atoms with Gasteiger partial charge in [0, 0.05) is 0 Å². The molecule has 2 aliphatic carbocycles. The normalized spacial score (nSPS) is 13.7. The van der Waals surface area contributed by atoms with E-state index in [0.717, 1.165) is 12.8 Å². The smallest absolute Gasteiger partial charge is 0.109 e. The maximum absolute atomic E-state index is 3.53. The Labute approximate surface area is 194 Å². The molecule has 0 N–H and O–H groups in total. The molecule has 0 amide bonds. The van der Waals surface area contributed by atoms with Crippen LogP contribution in [-0.4, -0.2) is 4.11 Å². The minimum atomic E-state index is 0.177. The summed E-state index contributed by atoms with van der Waals surface area (Å²) in [4.78, 5) is 0. The van der Waals surface area contributed by atoms with Crippen LogP contribution in [0.5, 0.6) is 0 Å². The van der Waals surface area contributed by atoms with Gasteiger partial charge in [-0.15, -0.1) is 12.0 Å². The Morgan fingerprint density at radius 2 is 1.50 bits per heavy atom. The standard InChI is InChI=1S/C21H25.C5H5.C3H6.Zn/c1-20(2,3)16-9-7-14-11-15-8-10-17(21(4,5)6)13-19(15)18(14)12-16;1-2-4-5-3-1;1-3-2;/h7,9-10,12-13H,11H2,1-6H3;1-3H,4H2;1-2H3;/q2*-1;;. The Morgan fingerprint density at radius 1 is 0.900 bits per heavy atom. The molecule has 1 heteroatoms. The molecule has 2 aliphatic rings. The van der Waals surface area contributed by atoms with E-state index in [4.69, 9.17) is 0 Å². The van der Waals surface area contributed by atoms with Crippen molar-refractivity contribution in [3.8, 4) is 11.1 Å². The summed E-state index contributed by atoms with van der Waals surface area (Å²) in [6.07, 6.45) is 11.0. The summed E-state index contributed by atoms with van der Waals surface area (Å²) in [5.41, 5.74) is 8.76. The number of rotatable bonds is 0. The average Bonchev–Trinajstić information content (AvgIpc) is 3.30. The van der Waals surface area contributed by atoms with E-state index in [1.165, 1.54) is 51.2 Å². The van der Waals surface area contributed by atoms with Crippen molar-refractivity contribution in [3.05, 3.63) is 83.0 Å². The van der Waals surface area contributed by atoms with E-state index in [2.05, 4.69) is 104 Å². The summed E-state index contributed by atoms with van der Waals surface area (Å²) >= 11 is 1.35. The third-order valence-corrected chi connectivity index (χ3v) is 5.11. The van der Waals surface area contributed by atoms with Gasteiger partial charge >= 0.3 is 35.8 Å². The first-order valence-electron chi connectivity index (χ1n) is 10.9. The van der Waals surface area contributed by atoms with Gasteiger partial charge in [0.1, 0.15) is 0 Å². The maximum atomic E-state index is 3.53. The molecule has 0 spiro atoms. The van der Waals surface area contributed by atoms with E-state index in [0.29, 0.717) is 0 Å². The van der Waals surface area contributed by atoms with Crippen LogP contribution in [0.15, 0.2) is 48.6 Å². The number of hydrogen-bond acceptors (Lipinski definition) is 0. The monoisotopic (exact) mass is 448 g/mol. The van der Waals surface area contributed by atoms with E-state index < -0.39 is 0 Å². The van der Waals surface area contributed by atoms with Gasteiger partial charge in [-0.3, -0.25) is 6.08 Å². The van der Waals surface area contributed by atoms with Crippen molar-refractivity contribution in [3.63, 3.8) is 0 Å². The van der Waals surface area contributed by atoms with Crippen molar-refractivity contribution in [1.29, 1.82) is 0 Å². The van der Waals surface area contributed by atoms with Crippen LogP contribution in [-0.2, 0) is 35.1 Å². The zero-order chi connectivity index (χ0) is 22.5. The first-order chi connectivity index (χ1) is 13.9. The van der Waals surface area contributed by atoms with E-state index in [9.17, 15) is 0 Å². The first kappa shape index (κ1) is 24.7. The van der Waals surface area contributed by atoms with Gasteiger partial charge in [-0.1, -0.05) is 76.3 Å². The van der Waals surface area contributed by atoms with Crippen molar-refractivity contribution in [1.82, 2.24) is 0 Å². The van der Waals surface area contributed by atoms with E-state index in [1.807, 2.05) is 12.2 Å². The summed E-state index contributed by atoms with van der Waals surface area (Å²) in [7, 11) is 0. The van der Waals surface area contributed by atoms with Crippen LogP contribution < -0.4 is 0 Å². The zero-order valence-electron chi connectivity index (χ0n) is 20.2. The number of fused-ring (bicyclic) bond motifs is 3. The van der Waals surface area contributed by atoms with E-state index >= 15 is 0 Å². The van der Waals surface area contributed by atoms with Crippen LogP contribution in [0, 0.1) is 12.1 Å². The molecule has 0 nitrogen and oxygen atoms in total. The molecule has 0 unspecified atom stereocenters. The Kier molecular flexibility index (Phi) is 8.35. The molecule has 4 rings (SSSR count). The van der Waals surface area contributed by atoms with Gasteiger partial charge in [0.25, 0.3) is 0 Å². The summed E-state index contributed by atoms with van der Waals surface area (Å²) in [5.74, 6) is 0. The van der Waals surface area contributed by atoms with E-state index in [1.54, 1.807) is 4.11 Å². The number of hydrogen-bond donors (Lipinski definition) is 0. The van der Waals surface area contributed by atoms with Crippen LogP contribution in [0.2, 0.25) is 0 Å². The molecule has 0 atom stereocenters. The van der Waals surface area contributed by atoms with Gasteiger partial charge in [0.15, 0.2) is 0 Å². The average molecular weight is 450 g/mol. The van der Waals surface area contributed by atoms with Gasteiger partial charge in [0.05, 0.1) is 0 Å². The first-order valence-corrected chi connectivity index (χ1v) is 12.4. The van der Waals surface area contributed by atoms with Crippen LogP contribution in [0.25, 0.3) is 11.1 Å². The third kappa shape index (κ3) is 6.99. The second-order valence-corrected chi connectivity index (χ2v) is 13.5.